The zero-order chi connectivity index (χ0) is 22.1. The molecule has 0 bridgehead atoms. The second-order valence-corrected chi connectivity index (χ2v) is 9.08. The van der Waals surface area contributed by atoms with Crippen molar-refractivity contribution in [3.63, 3.8) is 0 Å². The highest BCUT2D eigenvalue weighted by Gasteiger charge is 2.39. The number of hydrogen-bond donors (Lipinski definition) is 1. The summed E-state index contributed by atoms with van der Waals surface area (Å²) in [6.07, 6.45) is 1.00. The lowest BCUT2D eigenvalue weighted by Crippen LogP contribution is -2.39. The predicted molar refractivity (Wildman–Crippen MR) is 129 cm³/mol. The topological polar surface area (TPSA) is 62.3 Å². The van der Waals surface area contributed by atoms with E-state index >= 15 is 0 Å². The fraction of sp³-hybridized carbons (Fsp3) is 0.192. The molecular weight excluding hydrogens is 418 g/mol. The Hall–Kier alpha value is -3.35. The molecule has 1 aromatic heterocycles. The van der Waals surface area contributed by atoms with E-state index in [0.29, 0.717) is 12.2 Å². The molecule has 2 amide bonds. The molecule has 1 atom stereocenters. The van der Waals surface area contributed by atoms with Crippen LogP contribution in [0.1, 0.15) is 17.5 Å². The van der Waals surface area contributed by atoms with E-state index in [4.69, 9.17) is 4.98 Å². The molecule has 2 heterocycles. The van der Waals surface area contributed by atoms with E-state index in [1.54, 1.807) is 11.3 Å². The van der Waals surface area contributed by atoms with Gasteiger partial charge in [-0.25, -0.2) is 9.88 Å². The second-order valence-electron chi connectivity index (χ2n) is 8.05. The summed E-state index contributed by atoms with van der Waals surface area (Å²) in [6.45, 7) is 2.72. The SMILES string of the molecule is Cc1ccc2nc(-c3ccc(N4C(=O)CC(NCCc5ccccc5)C4=O)cc3)sc2c1. The maximum atomic E-state index is 12.9. The van der Waals surface area contributed by atoms with Crippen LogP contribution < -0.4 is 10.2 Å². The van der Waals surface area contributed by atoms with Gasteiger partial charge in [0.15, 0.2) is 0 Å². The van der Waals surface area contributed by atoms with Gasteiger partial charge >= 0.3 is 0 Å². The number of amides is 2. The molecule has 1 saturated heterocycles. The van der Waals surface area contributed by atoms with Gasteiger partial charge in [-0.1, -0.05) is 36.4 Å². The quantitative estimate of drug-likeness (QED) is 0.439. The predicted octanol–water partition coefficient (Wildman–Crippen LogP) is 4.74. The fourth-order valence-electron chi connectivity index (χ4n) is 4.01. The Labute approximate surface area is 190 Å². The number of thiazole rings is 1. The molecular formula is C26H23N3O2S. The first-order chi connectivity index (χ1) is 15.6. The molecule has 3 aromatic carbocycles. The van der Waals surface area contributed by atoms with Crippen molar-refractivity contribution in [1.29, 1.82) is 0 Å². The van der Waals surface area contributed by atoms with Crippen molar-refractivity contribution >= 4 is 39.1 Å². The van der Waals surface area contributed by atoms with Gasteiger partial charge < -0.3 is 5.32 Å². The maximum absolute atomic E-state index is 12.9. The maximum Gasteiger partial charge on any atom is 0.251 e. The van der Waals surface area contributed by atoms with Crippen LogP contribution in [0.4, 0.5) is 5.69 Å². The highest BCUT2D eigenvalue weighted by molar-refractivity contribution is 7.21. The lowest BCUT2D eigenvalue weighted by Gasteiger charge is -2.16. The van der Waals surface area contributed by atoms with E-state index in [2.05, 4.69) is 36.5 Å². The van der Waals surface area contributed by atoms with E-state index < -0.39 is 6.04 Å². The molecule has 0 saturated carbocycles. The Bertz CT molecular complexity index is 1280. The minimum absolute atomic E-state index is 0.171. The van der Waals surface area contributed by atoms with Gasteiger partial charge in [-0.3, -0.25) is 9.59 Å². The summed E-state index contributed by atoms with van der Waals surface area (Å²) >= 11 is 1.64. The average Bonchev–Trinajstić information content (AvgIpc) is 3.34. The first kappa shape index (κ1) is 20.5. The molecule has 0 aliphatic carbocycles. The largest absolute Gasteiger partial charge is 0.305 e. The van der Waals surface area contributed by atoms with Crippen molar-refractivity contribution in [2.24, 2.45) is 0 Å². The number of hydrogen-bond acceptors (Lipinski definition) is 5. The monoisotopic (exact) mass is 441 g/mol. The van der Waals surface area contributed by atoms with Crippen LogP contribution in [0.2, 0.25) is 0 Å². The third-order valence-electron chi connectivity index (χ3n) is 5.71. The minimum Gasteiger partial charge on any atom is -0.305 e. The molecule has 5 rings (SSSR count). The van der Waals surface area contributed by atoms with E-state index in [0.717, 1.165) is 27.2 Å². The highest BCUT2D eigenvalue weighted by atomic mass is 32.1. The Morgan fingerprint density at radius 3 is 2.59 bits per heavy atom. The van der Waals surface area contributed by atoms with Gasteiger partial charge in [0.2, 0.25) is 5.91 Å². The number of nitrogens with zero attached hydrogens (tertiary/aromatic N) is 2. The van der Waals surface area contributed by atoms with E-state index in [9.17, 15) is 9.59 Å². The summed E-state index contributed by atoms with van der Waals surface area (Å²) < 4.78 is 1.15. The number of fused-ring (bicyclic) bond motifs is 1. The number of imide groups is 1. The highest BCUT2D eigenvalue weighted by Crippen LogP contribution is 2.32. The average molecular weight is 442 g/mol. The third kappa shape index (κ3) is 4.07. The molecule has 4 aromatic rings. The number of carbonyl (C=O) groups excluding carboxylic acids is 2. The summed E-state index contributed by atoms with van der Waals surface area (Å²) in [4.78, 5) is 31.5. The van der Waals surface area contributed by atoms with Gasteiger partial charge in [-0.15, -0.1) is 11.3 Å². The van der Waals surface area contributed by atoms with Crippen LogP contribution in [0.5, 0.6) is 0 Å². The third-order valence-corrected chi connectivity index (χ3v) is 6.78. The normalized spacial score (nSPS) is 16.3. The lowest BCUT2D eigenvalue weighted by molar-refractivity contribution is -0.121. The molecule has 32 heavy (non-hydrogen) atoms. The van der Waals surface area contributed by atoms with E-state index in [-0.39, 0.29) is 18.2 Å². The van der Waals surface area contributed by atoms with Crippen molar-refractivity contribution in [3.05, 3.63) is 83.9 Å². The summed E-state index contributed by atoms with van der Waals surface area (Å²) in [5.41, 5.74) is 4.97. The first-order valence-electron chi connectivity index (χ1n) is 10.7. The lowest BCUT2D eigenvalue weighted by atomic mass is 10.1. The molecule has 1 fully saturated rings. The molecule has 1 N–H and O–H groups in total. The minimum atomic E-state index is -0.474. The standard InChI is InChI=1S/C26H23N3O2S/c1-17-7-12-21-23(15-17)32-25(28-21)19-8-10-20(11-9-19)29-24(30)16-22(26(29)31)27-14-13-18-5-3-2-4-6-18/h2-12,15,22,27H,13-14,16H2,1H3. The van der Waals surface area contributed by atoms with Crippen LogP contribution in [0.3, 0.4) is 0 Å². The molecule has 0 spiro atoms. The number of aromatic nitrogens is 1. The molecule has 1 aliphatic heterocycles. The summed E-state index contributed by atoms with van der Waals surface area (Å²) in [6, 6.07) is 23.4. The first-order valence-corrected chi connectivity index (χ1v) is 11.5. The zero-order valence-electron chi connectivity index (χ0n) is 17.7. The van der Waals surface area contributed by atoms with E-state index in [1.807, 2.05) is 48.5 Å². The Kier molecular flexibility index (Phi) is 5.55. The summed E-state index contributed by atoms with van der Waals surface area (Å²) in [5, 5.41) is 4.17. The van der Waals surface area contributed by atoms with Gasteiger partial charge in [-0.05, 0) is 67.4 Å². The van der Waals surface area contributed by atoms with Gasteiger partial charge in [0.1, 0.15) is 5.01 Å². The van der Waals surface area contributed by atoms with Crippen molar-refractivity contribution < 1.29 is 9.59 Å². The molecule has 160 valence electrons. The van der Waals surface area contributed by atoms with Crippen LogP contribution in [0.15, 0.2) is 72.8 Å². The number of rotatable bonds is 6. The number of nitrogens with one attached hydrogen (secondary N) is 1. The molecule has 0 radical (unpaired) electrons. The van der Waals surface area contributed by atoms with Crippen LogP contribution in [-0.2, 0) is 16.0 Å². The Morgan fingerprint density at radius 1 is 1.03 bits per heavy atom. The van der Waals surface area contributed by atoms with Crippen LogP contribution in [0.25, 0.3) is 20.8 Å². The smallest absolute Gasteiger partial charge is 0.251 e. The van der Waals surface area contributed by atoms with E-state index in [1.165, 1.54) is 16.0 Å². The van der Waals surface area contributed by atoms with Crippen LogP contribution >= 0.6 is 11.3 Å². The fourth-order valence-corrected chi connectivity index (χ4v) is 5.08. The summed E-state index contributed by atoms with van der Waals surface area (Å²) in [7, 11) is 0. The molecule has 5 nitrogen and oxygen atoms in total. The van der Waals surface area contributed by atoms with Gasteiger partial charge in [-0.2, -0.15) is 0 Å². The van der Waals surface area contributed by atoms with Crippen molar-refractivity contribution in [1.82, 2.24) is 10.3 Å². The Morgan fingerprint density at radius 2 is 1.81 bits per heavy atom. The number of carbonyl (C=O) groups is 2. The molecule has 1 aliphatic rings. The second kappa shape index (κ2) is 8.65. The van der Waals surface area contributed by atoms with Gasteiger partial charge in [0.05, 0.1) is 28.4 Å². The number of aryl methyl sites for hydroxylation is 1. The van der Waals surface area contributed by atoms with Crippen LogP contribution in [-0.4, -0.2) is 29.4 Å². The van der Waals surface area contributed by atoms with Crippen molar-refractivity contribution in [2.75, 3.05) is 11.4 Å². The Balaban J connectivity index is 1.27. The van der Waals surface area contributed by atoms with Gasteiger partial charge in [0.25, 0.3) is 5.91 Å². The van der Waals surface area contributed by atoms with Crippen molar-refractivity contribution in [3.8, 4) is 10.6 Å². The zero-order valence-corrected chi connectivity index (χ0v) is 18.6. The van der Waals surface area contributed by atoms with Gasteiger partial charge in [0, 0.05) is 5.56 Å². The number of benzene rings is 3. The van der Waals surface area contributed by atoms with Crippen molar-refractivity contribution in [2.45, 2.75) is 25.8 Å². The van der Waals surface area contributed by atoms with Crippen LogP contribution in [0, 0.1) is 6.92 Å². The number of anilines is 1. The molecule has 1 unspecified atom stereocenters. The molecule has 6 heteroatoms. The summed E-state index contributed by atoms with van der Waals surface area (Å²) in [5.74, 6) is -0.360.